The van der Waals surface area contributed by atoms with Crippen molar-refractivity contribution in [3.05, 3.63) is 48.4 Å². The van der Waals surface area contributed by atoms with Gasteiger partial charge in [-0.2, -0.15) is 0 Å². The van der Waals surface area contributed by atoms with Gasteiger partial charge in [0.1, 0.15) is 17.6 Å². The van der Waals surface area contributed by atoms with E-state index in [-0.39, 0.29) is 18.4 Å². The molecule has 5 nitrogen and oxygen atoms in total. The Morgan fingerprint density at radius 1 is 1.30 bits per heavy atom. The van der Waals surface area contributed by atoms with E-state index >= 15 is 0 Å². The van der Waals surface area contributed by atoms with Crippen LogP contribution in [0.25, 0.3) is 0 Å². The summed E-state index contributed by atoms with van der Waals surface area (Å²) in [7, 11) is 2.13. The standard InChI is InChI=1S/C18H22N2O3/c1-20-9-7-15(8-10-20)23-17-5-2-4-14(12-17)19-18(21)13-16-6-3-11-22-16/h2-6,11-12,15H,7-10,13H2,1H3,(H,19,21). The largest absolute Gasteiger partial charge is 0.490 e. The fourth-order valence-electron chi connectivity index (χ4n) is 2.72. The zero-order valence-corrected chi connectivity index (χ0v) is 13.3. The molecule has 1 aromatic carbocycles. The lowest BCUT2D eigenvalue weighted by atomic mass is 10.1. The van der Waals surface area contributed by atoms with E-state index in [1.54, 1.807) is 18.4 Å². The molecule has 1 aliphatic rings. The van der Waals surface area contributed by atoms with Crippen LogP contribution in [-0.4, -0.2) is 37.0 Å². The van der Waals surface area contributed by atoms with E-state index in [0.29, 0.717) is 5.76 Å². The number of anilines is 1. The second kappa shape index (κ2) is 7.33. The molecule has 0 aliphatic carbocycles. The highest BCUT2D eigenvalue weighted by Gasteiger charge is 2.18. The minimum absolute atomic E-state index is 0.101. The third-order valence-corrected chi connectivity index (χ3v) is 4.00. The van der Waals surface area contributed by atoms with Crippen molar-refractivity contribution in [2.24, 2.45) is 0 Å². The van der Waals surface area contributed by atoms with Crippen molar-refractivity contribution in [1.82, 2.24) is 4.90 Å². The molecule has 1 amide bonds. The number of furan rings is 1. The molecule has 1 fully saturated rings. The van der Waals surface area contributed by atoms with Crippen molar-refractivity contribution >= 4 is 11.6 Å². The van der Waals surface area contributed by atoms with Gasteiger partial charge < -0.3 is 19.4 Å². The molecule has 3 rings (SSSR count). The van der Waals surface area contributed by atoms with Crippen LogP contribution in [0, 0.1) is 0 Å². The number of nitrogens with one attached hydrogen (secondary N) is 1. The summed E-state index contributed by atoms with van der Waals surface area (Å²) < 4.78 is 11.2. The first-order chi connectivity index (χ1) is 11.2. The number of amides is 1. The van der Waals surface area contributed by atoms with E-state index in [9.17, 15) is 4.79 Å². The van der Waals surface area contributed by atoms with Gasteiger partial charge in [-0.25, -0.2) is 0 Å². The topological polar surface area (TPSA) is 54.7 Å². The minimum atomic E-state index is -0.101. The molecule has 0 radical (unpaired) electrons. The molecule has 122 valence electrons. The Kier molecular flexibility index (Phi) is 4.98. The van der Waals surface area contributed by atoms with E-state index in [1.165, 1.54) is 0 Å². The Balaban J connectivity index is 1.55. The highest BCUT2D eigenvalue weighted by atomic mass is 16.5. The molecule has 1 aliphatic heterocycles. The molecule has 0 bridgehead atoms. The van der Waals surface area contributed by atoms with Gasteiger partial charge in [-0.1, -0.05) is 6.07 Å². The SMILES string of the molecule is CN1CCC(Oc2cccc(NC(=O)Cc3ccco3)c2)CC1. The second-order valence-corrected chi connectivity index (χ2v) is 5.95. The second-order valence-electron chi connectivity index (χ2n) is 5.95. The van der Waals surface area contributed by atoms with Crippen molar-refractivity contribution < 1.29 is 13.9 Å². The van der Waals surface area contributed by atoms with Crippen LogP contribution in [0.4, 0.5) is 5.69 Å². The monoisotopic (exact) mass is 314 g/mol. The number of likely N-dealkylation sites (tertiary alicyclic amines) is 1. The first-order valence-electron chi connectivity index (χ1n) is 7.96. The minimum Gasteiger partial charge on any atom is -0.490 e. The first-order valence-corrected chi connectivity index (χ1v) is 7.96. The third-order valence-electron chi connectivity index (χ3n) is 4.00. The Labute approximate surface area is 136 Å². The van der Waals surface area contributed by atoms with E-state index in [2.05, 4.69) is 17.3 Å². The van der Waals surface area contributed by atoms with Gasteiger partial charge in [0.05, 0.1) is 12.7 Å². The molecular formula is C18H22N2O3. The van der Waals surface area contributed by atoms with Crippen molar-refractivity contribution in [1.29, 1.82) is 0 Å². The van der Waals surface area contributed by atoms with Crippen LogP contribution < -0.4 is 10.1 Å². The smallest absolute Gasteiger partial charge is 0.231 e. The van der Waals surface area contributed by atoms with Crippen LogP contribution in [0.2, 0.25) is 0 Å². The first kappa shape index (κ1) is 15.6. The molecule has 1 saturated heterocycles. The average molecular weight is 314 g/mol. The lowest BCUT2D eigenvalue weighted by molar-refractivity contribution is -0.115. The Morgan fingerprint density at radius 3 is 2.87 bits per heavy atom. The number of benzene rings is 1. The molecule has 2 aromatic rings. The van der Waals surface area contributed by atoms with Gasteiger partial charge in [-0.3, -0.25) is 4.79 Å². The summed E-state index contributed by atoms with van der Waals surface area (Å²) in [6.07, 6.45) is 4.11. The van der Waals surface area contributed by atoms with Crippen LogP contribution in [0.3, 0.4) is 0 Å². The Bertz CT molecular complexity index is 631. The van der Waals surface area contributed by atoms with E-state index in [4.69, 9.17) is 9.15 Å². The quantitative estimate of drug-likeness (QED) is 0.922. The number of piperidine rings is 1. The predicted molar refractivity (Wildman–Crippen MR) is 88.6 cm³/mol. The van der Waals surface area contributed by atoms with Gasteiger partial charge in [0.2, 0.25) is 5.91 Å². The molecular weight excluding hydrogens is 292 g/mol. The summed E-state index contributed by atoms with van der Waals surface area (Å²) in [5, 5.41) is 2.88. The maximum absolute atomic E-state index is 12.0. The number of nitrogens with zero attached hydrogens (tertiary/aromatic N) is 1. The number of hydrogen-bond donors (Lipinski definition) is 1. The summed E-state index contributed by atoms with van der Waals surface area (Å²) in [6.45, 7) is 2.12. The summed E-state index contributed by atoms with van der Waals surface area (Å²) in [6, 6.07) is 11.1. The number of carbonyl (C=O) groups excluding carboxylic acids is 1. The van der Waals surface area contributed by atoms with Gasteiger partial charge in [0.25, 0.3) is 0 Å². The Morgan fingerprint density at radius 2 is 2.13 bits per heavy atom. The maximum Gasteiger partial charge on any atom is 0.231 e. The molecule has 2 heterocycles. The molecule has 0 saturated carbocycles. The van der Waals surface area contributed by atoms with Crippen LogP contribution in [0.1, 0.15) is 18.6 Å². The molecule has 0 unspecified atom stereocenters. The molecule has 1 N–H and O–H groups in total. The van der Waals surface area contributed by atoms with E-state index in [1.807, 2.05) is 24.3 Å². The molecule has 1 aromatic heterocycles. The van der Waals surface area contributed by atoms with Crippen LogP contribution >= 0.6 is 0 Å². The molecule has 0 spiro atoms. The van der Waals surface area contributed by atoms with Crippen LogP contribution in [-0.2, 0) is 11.2 Å². The number of ether oxygens (including phenoxy) is 1. The summed E-state index contributed by atoms with van der Waals surface area (Å²) in [5.74, 6) is 1.35. The average Bonchev–Trinajstić information content (AvgIpc) is 3.03. The lowest BCUT2D eigenvalue weighted by Gasteiger charge is -2.29. The van der Waals surface area contributed by atoms with Crippen molar-refractivity contribution in [2.75, 3.05) is 25.5 Å². The highest BCUT2D eigenvalue weighted by molar-refractivity contribution is 5.92. The van der Waals surface area contributed by atoms with Crippen molar-refractivity contribution in [2.45, 2.75) is 25.4 Å². The highest BCUT2D eigenvalue weighted by Crippen LogP contribution is 2.22. The fourth-order valence-corrected chi connectivity index (χ4v) is 2.72. The van der Waals surface area contributed by atoms with E-state index < -0.39 is 0 Å². The molecule has 0 atom stereocenters. The predicted octanol–water partition coefficient (Wildman–Crippen LogP) is 2.93. The van der Waals surface area contributed by atoms with Gasteiger partial charge in [-0.05, 0) is 44.2 Å². The summed E-state index contributed by atoms with van der Waals surface area (Å²) >= 11 is 0. The van der Waals surface area contributed by atoms with Gasteiger partial charge in [0, 0.05) is 24.8 Å². The maximum atomic E-state index is 12.0. The van der Waals surface area contributed by atoms with E-state index in [0.717, 1.165) is 37.4 Å². The zero-order valence-electron chi connectivity index (χ0n) is 13.3. The van der Waals surface area contributed by atoms with Gasteiger partial charge in [-0.15, -0.1) is 0 Å². The van der Waals surface area contributed by atoms with Crippen molar-refractivity contribution in [3.63, 3.8) is 0 Å². The van der Waals surface area contributed by atoms with Crippen molar-refractivity contribution in [3.8, 4) is 5.75 Å². The summed E-state index contributed by atoms with van der Waals surface area (Å²) in [4.78, 5) is 14.3. The zero-order chi connectivity index (χ0) is 16.1. The number of hydrogen-bond acceptors (Lipinski definition) is 4. The van der Waals surface area contributed by atoms with Gasteiger partial charge in [0.15, 0.2) is 0 Å². The lowest BCUT2D eigenvalue weighted by Crippen LogP contribution is -2.35. The van der Waals surface area contributed by atoms with Crippen LogP contribution in [0.15, 0.2) is 47.1 Å². The summed E-state index contributed by atoms with van der Waals surface area (Å²) in [5.41, 5.74) is 0.743. The number of carbonyl (C=O) groups is 1. The normalized spacial score (nSPS) is 16.2. The van der Waals surface area contributed by atoms with Crippen LogP contribution in [0.5, 0.6) is 5.75 Å². The molecule has 23 heavy (non-hydrogen) atoms. The fraction of sp³-hybridized carbons (Fsp3) is 0.389. The third kappa shape index (κ3) is 4.60. The Hall–Kier alpha value is -2.27. The molecule has 5 heteroatoms. The number of rotatable bonds is 5. The van der Waals surface area contributed by atoms with Gasteiger partial charge >= 0.3 is 0 Å².